The Labute approximate surface area is 154 Å². The Morgan fingerprint density at radius 3 is 2.81 bits per heavy atom. The van der Waals surface area contributed by atoms with Crippen molar-refractivity contribution >= 4 is 16.7 Å². The van der Waals surface area contributed by atoms with E-state index in [9.17, 15) is 9.59 Å². The minimum absolute atomic E-state index is 0.0482. The monoisotopic (exact) mass is 356 g/mol. The van der Waals surface area contributed by atoms with Gasteiger partial charge in [0, 0.05) is 31.6 Å². The highest BCUT2D eigenvalue weighted by atomic mass is 16.1. The summed E-state index contributed by atoms with van der Waals surface area (Å²) in [6.45, 7) is 5.16. The molecule has 0 spiro atoms. The molecule has 1 atom stereocenters. The molecule has 140 valence electrons. The van der Waals surface area contributed by atoms with Crippen molar-refractivity contribution in [2.75, 3.05) is 19.6 Å². The molecule has 1 N–H and O–H groups in total. The average Bonchev–Trinajstić information content (AvgIpc) is 2.64. The van der Waals surface area contributed by atoms with Crippen LogP contribution >= 0.6 is 0 Å². The number of amides is 1. The van der Waals surface area contributed by atoms with Crippen LogP contribution in [0, 0.1) is 0 Å². The van der Waals surface area contributed by atoms with Gasteiger partial charge in [0.05, 0.1) is 17.5 Å². The maximum absolute atomic E-state index is 12.3. The van der Waals surface area contributed by atoms with Crippen molar-refractivity contribution < 1.29 is 4.79 Å². The number of hydrogen-bond donors (Lipinski definition) is 1. The van der Waals surface area contributed by atoms with Crippen LogP contribution in [0.25, 0.3) is 10.8 Å². The first kappa shape index (κ1) is 18.6. The third-order valence-corrected chi connectivity index (χ3v) is 5.25. The van der Waals surface area contributed by atoms with Gasteiger partial charge in [0.1, 0.15) is 0 Å². The average molecular weight is 356 g/mol. The zero-order valence-corrected chi connectivity index (χ0v) is 15.7. The highest BCUT2D eigenvalue weighted by Gasteiger charge is 2.17. The van der Waals surface area contributed by atoms with Crippen molar-refractivity contribution in [3.63, 3.8) is 0 Å². The smallest absolute Gasteiger partial charge is 0.274 e. The van der Waals surface area contributed by atoms with Crippen LogP contribution in [0.3, 0.4) is 0 Å². The molecule has 1 aromatic heterocycles. The molecule has 3 rings (SSSR count). The van der Waals surface area contributed by atoms with Gasteiger partial charge in [0.15, 0.2) is 0 Å². The Morgan fingerprint density at radius 2 is 2.04 bits per heavy atom. The largest absolute Gasteiger partial charge is 0.356 e. The lowest BCUT2D eigenvalue weighted by molar-refractivity contribution is -0.120. The lowest BCUT2D eigenvalue weighted by Crippen LogP contribution is -2.39. The molecular weight excluding hydrogens is 328 g/mol. The summed E-state index contributed by atoms with van der Waals surface area (Å²) in [7, 11) is 1.62. The number of carbonyl (C=O) groups is 1. The van der Waals surface area contributed by atoms with Crippen molar-refractivity contribution in [1.82, 2.24) is 20.0 Å². The third kappa shape index (κ3) is 4.30. The number of carbonyl (C=O) groups excluding carboxylic acids is 1. The van der Waals surface area contributed by atoms with Crippen LogP contribution < -0.4 is 10.9 Å². The van der Waals surface area contributed by atoms with Gasteiger partial charge in [-0.05, 0) is 38.8 Å². The van der Waals surface area contributed by atoms with Crippen LogP contribution in [0.4, 0.5) is 0 Å². The molecule has 1 aliphatic heterocycles. The SMILES string of the molecule is C[C@@H]1CCCCN1CCCNC(=O)Cc1nn(C)c(=O)c2ccccc12. The van der Waals surface area contributed by atoms with Crippen molar-refractivity contribution in [1.29, 1.82) is 0 Å². The van der Waals surface area contributed by atoms with E-state index < -0.39 is 0 Å². The number of likely N-dealkylation sites (tertiary alicyclic amines) is 1. The zero-order valence-electron chi connectivity index (χ0n) is 15.7. The quantitative estimate of drug-likeness (QED) is 0.802. The zero-order chi connectivity index (χ0) is 18.5. The number of nitrogens with one attached hydrogen (secondary N) is 1. The van der Waals surface area contributed by atoms with E-state index in [0.717, 1.165) is 18.4 Å². The standard InChI is InChI=1S/C20H28N4O2/c1-15-8-5-6-12-24(15)13-7-11-21-19(25)14-18-16-9-3-4-10-17(16)20(26)23(2)22-18/h3-4,9-10,15H,5-8,11-14H2,1-2H3,(H,21,25)/t15-/m1/s1. The van der Waals surface area contributed by atoms with Crippen LogP contribution in [0.2, 0.25) is 0 Å². The van der Waals surface area contributed by atoms with Crippen LogP contribution in [-0.2, 0) is 18.3 Å². The Morgan fingerprint density at radius 1 is 1.27 bits per heavy atom. The highest BCUT2D eigenvalue weighted by molar-refractivity contribution is 5.88. The second kappa shape index (κ2) is 8.45. The Kier molecular flexibility index (Phi) is 6.04. The lowest BCUT2D eigenvalue weighted by atomic mass is 10.0. The van der Waals surface area contributed by atoms with Crippen molar-refractivity contribution in [2.24, 2.45) is 7.05 Å². The molecule has 0 saturated carbocycles. The normalized spacial score (nSPS) is 18.2. The maximum Gasteiger partial charge on any atom is 0.274 e. The number of hydrogen-bond acceptors (Lipinski definition) is 4. The molecule has 0 radical (unpaired) electrons. The van der Waals surface area contributed by atoms with E-state index in [0.29, 0.717) is 23.7 Å². The molecule has 2 heterocycles. The second-order valence-electron chi connectivity index (χ2n) is 7.18. The van der Waals surface area contributed by atoms with Gasteiger partial charge in [0.25, 0.3) is 5.56 Å². The summed E-state index contributed by atoms with van der Waals surface area (Å²) in [5.41, 5.74) is 0.505. The molecule has 6 nitrogen and oxygen atoms in total. The summed E-state index contributed by atoms with van der Waals surface area (Å²) in [5.74, 6) is -0.0482. The van der Waals surface area contributed by atoms with Gasteiger partial charge in [-0.25, -0.2) is 4.68 Å². The minimum atomic E-state index is -0.139. The van der Waals surface area contributed by atoms with Gasteiger partial charge in [-0.1, -0.05) is 24.6 Å². The number of benzene rings is 1. The van der Waals surface area contributed by atoms with Crippen molar-refractivity contribution in [2.45, 2.75) is 45.1 Å². The van der Waals surface area contributed by atoms with E-state index in [1.807, 2.05) is 18.2 Å². The topological polar surface area (TPSA) is 67.2 Å². The molecule has 1 aromatic carbocycles. The molecule has 0 bridgehead atoms. The molecule has 1 amide bonds. The predicted octanol–water partition coefficient (Wildman–Crippen LogP) is 1.86. The van der Waals surface area contributed by atoms with Gasteiger partial charge in [-0.2, -0.15) is 5.10 Å². The first-order valence-electron chi connectivity index (χ1n) is 9.52. The lowest BCUT2D eigenvalue weighted by Gasteiger charge is -2.33. The van der Waals surface area contributed by atoms with E-state index in [1.54, 1.807) is 13.1 Å². The van der Waals surface area contributed by atoms with E-state index in [1.165, 1.54) is 30.5 Å². The number of aromatic nitrogens is 2. The molecule has 1 aliphatic rings. The van der Waals surface area contributed by atoms with Crippen LogP contribution in [0.15, 0.2) is 29.1 Å². The summed E-state index contributed by atoms with van der Waals surface area (Å²) in [6.07, 6.45) is 5.03. The fraction of sp³-hybridized carbons (Fsp3) is 0.550. The molecule has 2 aromatic rings. The van der Waals surface area contributed by atoms with Gasteiger partial charge in [0.2, 0.25) is 5.91 Å². The Bertz CT molecular complexity index is 830. The van der Waals surface area contributed by atoms with Gasteiger partial charge < -0.3 is 10.2 Å². The van der Waals surface area contributed by atoms with Gasteiger partial charge in [-0.15, -0.1) is 0 Å². The van der Waals surface area contributed by atoms with Crippen molar-refractivity contribution in [3.8, 4) is 0 Å². The number of piperidine rings is 1. The van der Waals surface area contributed by atoms with Crippen LogP contribution in [0.5, 0.6) is 0 Å². The Balaban J connectivity index is 1.55. The molecule has 1 fully saturated rings. The Hall–Kier alpha value is -2.21. The molecule has 1 saturated heterocycles. The predicted molar refractivity (Wildman–Crippen MR) is 103 cm³/mol. The van der Waals surface area contributed by atoms with Crippen LogP contribution in [0.1, 0.15) is 38.3 Å². The number of nitrogens with zero attached hydrogens (tertiary/aromatic N) is 3. The number of rotatable bonds is 6. The van der Waals surface area contributed by atoms with E-state index in [2.05, 4.69) is 22.2 Å². The van der Waals surface area contributed by atoms with Crippen LogP contribution in [-0.4, -0.2) is 46.3 Å². The van der Waals surface area contributed by atoms with Crippen molar-refractivity contribution in [3.05, 3.63) is 40.3 Å². The van der Waals surface area contributed by atoms with E-state index in [4.69, 9.17) is 0 Å². The maximum atomic E-state index is 12.3. The summed E-state index contributed by atoms with van der Waals surface area (Å²) < 4.78 is 1.31. The summed E-state index contributed by atoms with van der Waals surface area (Å²) in [5, 5.41) is 8.64. The highest BCUT2D eigenvalue weighted by Crippen LogP contribution is 2.16. The first-order valence-corrected chi connectivity index (χ1v) is 9.52. The summed E-state index contributed by atoms with van der Waals surface area (Å²) in [4.78, 5) is 27.0. The summed E-state index contributed by atoms with van der Waals surface area (Å²) >= 11 is 0. The van der Waals surface area contributed by atoms with Gasteiger partial charge >= 0.3 is 0 Å². The number of fused-ring (bicyclic) bond motifs is 1. The van der Waals surface area contributed by atoms with E-state index in [-0.39, 0.29) is 17.9 Å². The third-order valence-electron chi connectivity index (χ3n) is 5.25. The molecule has 26 heavy (non-hydrogen) atoms. The minimum Gasteiger partial charge on any atom is -0.356 e. The fourth-order valence-electron chi connectivity index (χ4n) is 3.72. The summed E-state index contributed by atoms with van der Waals surface area (Å²) in [6, 6.07) is 7.98. The van der Waals surface area contributed by atoms with E-state index >= 15 is 0 Å². The first-order chi connectivity index (χ1) is 12.6. The second-order valence-corrected chi connectivity index (χ2v) is 7.18. The molecular formula is C20H28N4O2. The number of aryl methyl sites for hydroxylation is 1. The molecule has 6 heteroatoms. The van der Waals surface area contributed by atoms with Gasteiger partial charge in [-0.3, -0.25) is 9.59 Å². The molecule has 0 aliphatic carbocycles. The molecule has 0 unspecified atom stereocenters. The fourth-order valence-corrected chi connectivity index (χ4v) is 3.72.